The van der Waals surface area contributed by atoms with Crippen LogP contribution in [0.1, 0.15) is 0 Å². The Labute approximate surface area is 330 Å². The number of fused-ring (bicyclic) bond motifs is 9. The molecule has 0 saturated heterocycles. The topological polar surface area (TPSA) is 56.7 Å². The molecule has 266 valence electrons. The fraction of sp³-hybridized carbons (Fsp3) is 0. The van der Waals surface area contributed by atoms with Crippen molar-refractivity contribution in [3.05, 3.63) is 182 Å². The lowest BCUT2D eigenvalue weighted by Gasteiger charge is -2.10. The van der Waals surface area contributed by atoms with Crippen molar-refractivity contribution >= 4 is 75.3 Å². The molecule has 0 amide bonds. The van der Waals surface area contributed by atoms with E-state index >= 15 is 0 Å². The van der Waals surface area contributed by atoms with Crippen LogP contribution in [0.25, 0.3) is 115 Å². The van der Waals surface area contributed by atoms with Crippen molar-refractivity contribution in [3.63, 3.8) is 0 Å². The second-order valence-electron chi connectivity index (χ2n) is 14.4. The van der Waals surface area contributed by atoms with Gasteiger partial charge in [0.1, 0.15) is 11.2 Å². The third kappa shape index (κ3) is 5.04. The Bertz CT molecular complexity index is 3530. The smallest absolute Gasteiger partial charge is 0.165 e. The van der Waals surface area contributed by atoms with E-state index in [1.165, 1.54) is 37.3 Å². The van der Waals surface area contributed by atoms with Crippen LogP contribution < -0.4 is 0 Å². The quantitative estimate of drug-likeness (QED) is 0.176. The third-order valence-electron chi connectivity index (χ3n) is 11.1. The Kier molecular flexibility index (Phi) is 7.03. The molecule has 0 N–H and O–H groups in total. The summed E-state index contributed by atoms with van der Waals surface area (Å²) >= 11 is 1.78. The number of hydrogen-bond acceptors (Lipinski definition) is 5. The molecule has 0 radical (unpaired) electrons. The van der Waals surface area contributed by atoms with Crippen LogP contribution in [-0.2, 0) is 0 Å². The average Bonchev–Trinajstić information content (AvgIpc) is 3.96. The minimum Gasteiger partial charge on any atom is -0.456 e. The van der Waals surface area contributed by atoms with Gasteiger partial charge in [0.25, 0.3) is 0 Å². The maximum Gasteiger partial charge on any atom is 0.165 e. The maximum atomic E-state index is 6.64. The van der Waals surface area contributed by atoms with Crippen molar-refractivity contribution in [2.24, 2.45) is 0 Å². The highest BCUT2D eigenvalue weighted by Gasteiger charge is 2.20. The molecule has 12 rings (SSSR count). The first-order valence-electron chi connectivity index (χ1n) is 19.0. The molecule has 0 saturated carbocycles. The summed E-state index contributed by atoms with van der Waals surface area (Å²) in [6, 6.07) is 63.7. The zero-order valence-corrected chi connectivity index (χ0v) is 31.2. The van der Waals surface area contributed by atoms with Gasteiger partial charge >= 0.3 is 0 Å². The zero-order chi connectivity index (χ0) is 37.5. The number of benzene rings is 8. The van der Waals surface area contributed by atoms with E-state index in [1.807, 2.05) is 30.3 Å². The van der Waals surface area contributed by atoms with Crippen LogP contribution in [0.4, 0.5) is 0 Å². The molecule has 0 fully saturated rings. The van der Waals surface area contributed by atoms with Crippen LogP contribution in [0.2, 0.25) is 0 Å². The second-order valence-corrected chi connectivity index (χ2v) is 15.4. The SMILES string of the molecule is c1ccc(-c2nc(-c3cccc4c3sc3ccccc34)nc(-c3cccc4oc5cc(-c6ccc7c(c6)c6ccccc6n7-c6ccccc6)ccc5c34)n2)cc1. The second kappa shape index (κ2) is 12.6. The number of aromatic nitrogens is 4. The van der Waals surface area contributed by atoms with Crippen molar-refractivity contribution in [3.8, 4) is 51.0 Å². The van der Waals surface area contributed by atoms with Crippen molar-refractivity contribution in [2.45, 2.75) is 0 Å². The minimum atomic E-state index is 0.606. The number of hydrogen-bond donors (Lipinski definition) is 0. The van der Waals surface area contributed by atoms with Crippen molar-refractivity contribution in [2.75, 3.05) is 0 Å². The van der Waals surface area contributed by atoms with Gasteiger partial charge in [-0.3, -0.25) is 0 Å². The average molecular weight is 747 g/mol. The fourth-order valence-electron chi connectivity index (χ4n) is 8.46. The number of nitrogens with zero attached hydrogens (tertiary/aromatic N) is 4. The molecule has 0 bridgehead atoms. The molecule has 12 aromatic rings. The highest BCUT2D eigenvalue weighted by molar-refractivity contribution is 7.26. The Morgan fingerprint density at radius 3 is 1.93 bits per heavy atom. The molecule has 4 heterocycles. The number of rotatable bonds is 5. The first-order valence-corrected chi connectivity index (χ1v) is 19.8. The molecule has 0 aliphatic heterocycles. The van der Waals surface area contributed by atoms with E-state index in [9.17, 15) is 0 Å². The molecule has 0 spiro atoms. The Morgan fingerprint density at radius 2 is 1.05 bits per heavy atom. The van der Waals surface area contributed by atoms with Gasteiger partial charge in [-0.25, -0.2) is 15.0 Å². The standard InChI is InChI=1S/C51H30N4OS/c1-3-13-31(14-4-1)49-52-50(54-51(53-49)40-21-11-19-37-36-18-8-10-24-46(36)57-48(37)40)39-20-12-23-44-47(39)38-27-25-33(30-45(38)56-44)32-26-28-43-41(29-32)35-17-7-9-22-42(35)55(43)34-15-5-2-6-16-34/h1-30H. The molecule has 0 atom stereocenters. The van der Waals surface area contributed by atoms with Crippen molar-refractivity contribution < 1.29 is 4.42 Å². The predicted molar refractivity (Wildman–Crippen MR) is 236 cm³/mol. The van der Waals surface area contributed by atoms with Crippen LogP contribution in [0.3, 0.4) is 0 Å². The van der Waals surface area contributed by atoms with Crippen molar-refractivity contribution in [1.29, 1.82) is 0 Å². The van der Waals surface area contributed by atoms with Crippen molar-refractivity contribution in [1.82, 2.24) is 19.5 Å². The predicted octanol–water partition coefficient (Wildman–Crippen LogP) is 13.9. The van der Waals surface area contributed by atoms with Gasteiger partial charge in [-0.2, -0.15) is 0 Å². The Morgan fingerprint density at radius 1 is 0.404 bits per heavy atom. The van der Waals surface area contributed by atoms with Gasteiger partial charge in [0.15, 0.2) is 17.5 Å². The monoisotopic (exact) mass is 746 g/mol. The third-order valence-corrected chi connectivity index (χ3v) is 12.3. The summed E-state index contributed by atoms with van der Waals surface area (Å²) in [5.74, 6) is 1.88. The minimum absolute atomic E-state index is 0.606. The first-order chi connectivity index (χ1) is 28.2. The lowest BCUT2D eigenvalue weighted by molar-refractivity contribution is 0.669. The maximum absolute atomic E-state index is 6.64. The van der Waals surface area contributed by atoms with E-state index in [0.717, 1.165) is 60.1 Å². The molecule has 5 nitrogen and oxygen atoms in total. The molecule has 8 aromatic carbocycles. The highest BCUT2D eigenvalue weighted by atomic mass is 32.1. The molecular weight excluding hydrogens is 717 g/mol. The lowest BCUT2D eigenvalue weighted by Crippen LogP contribution is -2.00. The Balaban J connectivity index is 1.02. The zero-order valence-electron chi connectivity index (χ0n) is 30.4. The van der Waals surface area contributed by atoms with E-state index in [-0.39, 0.29) is 0 Å². The number of thiophene rings is 1. The molecule has 4 aromatic heterocycles. The van der Waals surface area contributed by atoms with E-state index in [0.29, 0.717) is 17.5 Å². The molecule has 57 heavy (non-hydrogen) atoms. The van der Waals surface area contributed by atoms with Gasteiger partial charge in [0.2, 0.25) is 0 Å². The normalized spacial score (nSPS) is 11.9. The number of furan rings is 1. The van der Waals surface area contributed by atoms with Crippen LogP contribution in [0, 0.1) is 0 Å². The summed E-state index contributed by atoms with van der Waals surface area (Å²) in [6.45, 7) is 0. The van der Waals surface area contributed by atoms with Gasteiger partial charge in [-0.05, 0) is 71.8 Å². The summed E-state index contributed by atoms with van der Waals surface area (Å²) in [5.41, 5.74) is 10.2. The molecular formula is C51H30N4OS. The summed E-state index contributed by atoms with van der Waals surface area (Å²) in [6.07, 6.45) is 0. The summed E-state index contributed by atoms with van der Waals surface area (Å²) in [7, 11) is 0. The highest BCUT2D eigenvalue weighted by Crippen LogP contribution is 2.42. The van der Waals surface area contributed by atoms with E-state index in [1.54, 1.807) is 11.3 Å². The summed E-state index contributed by atoms with van der Waals surface area (Å²) in [5, 5.41) is 6.88. The molecule has 0 aliphatic carbocycles. The van der Waals surface area contributed by atoms with Gasteiger partial charge in [0.05, 0.1) is 11.0 Å². The molecule has 6 heteroatoms. The Hall–Kier alpha value is -7.41. The first kappa shape index (κ1) is 31.9. The fourth-order valence-corrected chi connectivity index (χ4v) is 9.67. The summed E-state index contributed by atoms with van der Waals surface area (Å²) < 4.78 is 11.4. The molecule has 0 aliphatic rings. The molecule has 0 unspecified atom stereocenters. The van der Waals surface area contributed by atoms with Crippen LogP contribution in [-0.4, -0.2) is 19.5 Å². The van der Waals surface area contributed by atoms with E-state index in [2.05, 4.69) is 156 Å². The van der Waals surface area contributed by atoms with Gasteiger partial charge < -0.3 is 8.98 Å². The van der Waals surface area contributed by atoms with Gasteiger partial charge in [0, 0.05) is 64.1 Å². The van der Waals surface area contributed by atoms with Crippen LogP contribution >= 0.6 is 11.3 Å². The lowest BCUT2D eigenvalue weighted by atomic mass is 10.00. The van der Waals surface area contributed by atoms with E-state index in [4.69, 9.17) is 19.4 Å². The summed E-state index contributed by atoms with van der Waals surface area (Å²) in [4.78, 5) is 15.5. The largest absolute Gasteiger partial charge is 0.456 e. The van der Waals surface area contributed by atoms with Gasteiger partial charge in [-0.1, -0.05) is 121 Å². The van der Waals surface area contributed by atoms with Crippen LogP contribution in [0.15, 0.2) is 186 Å². The van der Waals surface area contributed by atoms with Crippen LogP contribution in [0.5, 0.6) is 0 Å². The number of para-hydroxylation sites is 2. The van der Waals surface area contributed by atoms with E-state index < -0.39 is 0 Å². The van der Waals surface area contributed by atoms with Gasteiger partial charge in [-0.15, -0.1) is 11.3 Å².